The molecule has 0 radical (unpaired) electrons. The number of carbonyl (C=O) groups is 2. The lowest BCUT2D eigenvalue weighted by Gasteiger charge is -2.14. The Labute approximate surface area is 144 Å². The maximum absolute atomic E-state index is 12.4. The number of methoxy groups -OCH3 is 1. The number of ether oxygens (including phenoxy) is 1. The second-order valence-corrected chi connectivity index (χ2v) is 5.30. The van der Waals surface area contributed by atoms with Gasteiger partial charge in [0.2, 0.25) is 5.91 Å². The van der Waals surface area contributed by atoms with E-state index in [1.54, 1.807) is 30.3 Å². The predicted octanol–water partition coefficient (Wildman–Crippen LogP) is 3.13. The third kappa shape index (κ3) is 4.20. The second kappa shape index (κ2) is 8.05. The predicted molar refractivity (Wildman–Crippen MR) is 92.6 cm³/mol. The molecule has 0 unspecified atom stereocenters. The van der Waals surface area contributed by atoms with Crippen molar-refractivity contribution in [2.45, 2.75) is 19.8 Å². The van der Waals surface area contributed by atoms with E-state index in [4.69, 9.17) is 4.74 Å². The van der Waals surface area contributed by atoms with Crippen LogP contribution >= 0.6 is 0 Å². The normalized spacial score (nSPS) is 10.2. The maximum Gasteiger partial charge on any atom is 0.339 e. The minimum absolute atomic E-state index is 0.116. The fraction of sp³-hybridized carbons (Fsp3) is 0.222. The highest BCUT2D eigenvalue weighted by Crippen LogP contribution is 2.24. The molecule has 0 saturated heterocycles. The van der Waals surface area contributed by atoms with Crippen LogP contribution in [0.15, 0.2) is 42.5 Å². The van der Waals surface area contributed by atoms with E-state index in [1.807, 2.05) is 6.92 Å². The lowest BCUT2D eigenvalue weighted by molar-refractivity contribution is -0.385. The third-order valence-electron chi connectivity index (χ3n) is 3.74. The molecule has 0 atom stereocenters. The highest BCUT2D eigenvalue weighted by atomic mass is 16.6. The Morgan fingerprint density at radius 1 is 1.12 bits per heavy atom. The molecule has 2 aromatic carbocycles. The maximum atomic E-state index is 12.4. The van der Waals surface area contributed by atoms with E-state index in [2.05, 4.69) is 5.32 Å². The molecule has 1 N–H and O–H groups in total. The van der Waals surface area contributed by atoms with Crippen molar-refractivity contribution in [3.05, 3.63) is 69.3 Å². The molecular formula is C18H18N2O5. The number of esters is 1. The molecule has 0 bridgehead atoms. The summed E-state index contributed by atoms with van der Waals surface area (Å²) in [6.07, 6.45) is 0.432. The van der Waals surface area contributed by atoms with E-state index < -0.39 is 16.8 Å². The summed E-state index contributed by atoms with van der Waals surface area (Å²) in [5.41, 5.74) is 1.59. The molecule has 25 heavy (non-hydrogen) atoms. The van der Waals surface area contributed by atoms with Crippen molar-refractivity contribution in [3.63, 3.8) is 0 Å². The lowest BCUT2D eigenvalue weighted by atomic mass is 10.0. The topological polar surface area (TPSA) is 98.5 Å². The van der Waals surface area contributed by atoms with Gasteiger partial charge in [-0.2, -0.15) is 0 Å². The summed E-state index contributed by atoms with van der Waals surface area (Å²) in [4.78, 5) is 34.9. The van der Waals surface area contributed by atoms with Crippen LogP contribution in [0, 0.1) is 10.1 Å². The molecular weight excluding hydrogens is 324 g/mol. The summed E-state index contributed by atoms with van der Waals surface area (Å²) in [5, 5.41) is 13.8. The highest BCUT2D eigenvalue weighted by molar-refractivity contribution is 6.02. The summed E-state index contributed by atoms with van der Waals surface area (Å²) in [7, 11) is 1.26. The van der Waals surface area contributed by atoms with Gasteiger partial charge in [-0.15, -0.1) is 0 Å². The Bertz CT molecular complexity index is 817. The van der Waals surface area contributed by atoms with Crippen LogP contribution in [0.2, 0.25) is 0 Å². The number of nitrogens with zero attached hydrogens (tertiary/aromatic N) is 1. The van der Waals surface area contributed by atoms with Gasteiger partial charge in [-0.1, -0.05) is 37.3 Å². The van der Waals surface area contributed by atoms with Gasteiger partial charge in [0.15, 0.2) is 0 Å². The number of anilines is 1. The molecule has 0 aromatic heterocycles. The molecule has 0 aliphatic rings. The molecule has 2 aromatic rings. The Morgan fingerprint density at radius 2 is 1.80 bits per heavy atom. The summed E-state index contributed by atoms with van der Waals surface area (Å²) in [6.45, 7) is 1.90. The summed E-state index contributed by atoms with van der Waals surface area (Å²) < 4.78 is 4.75. The van der Waals surface area contributed by atoms with Crippen LogP contribution in [0.25, 0.3) is 0 Å². The number of nitro groups is 1. The Hall–Kier alpha value is -3.22. The van der Waals surface area contributed by atoms with E-state index in [0.29, 0.717) is 17.7 Å². The van der Waals surface area contributed by atoms with Gasteiger partial charge in [0, 0.05) is 11.6 Å². The van der Waals surface area contributed by atoms with Crippen molar-refractivity contribution in [1.82, 2.24) is 0 Å². The molecule has 0 aliphatic carbocycles. The van der Waals surface area contributed by atoms with E-state index in [-0.39, 0.29) is 17.7 Å². The van der Waals surface area contributed by atoms with Crippen molar-refractivity contribution in [2.75, 3.05) is 12.4 Å². The van der Waals surface area contributed by atoms with Gasteiger partial charge in [-0.05, 0) is 18.1 Å². The number of hydrogen-bond donors (Lipinski definition) is 1. The second-order valence-electron chi connectivity index (χ2n) is 5.30. The molecule has 0 heterocycles. The van der Waals surface area contributed by atoms with Gasteiger partial charge < -0.3 is 10.1 Å². The molecule has 7 nitrogen and oxygen atoms in total. The lowest BCUT2D eigenvalue weighted by Crippen LogP contribution is -2.19. The molecule has 130 valence electrons. The van der Waals surface area contributed by atoms with Gasteiger partial charge >= 0.3 is 5.97 Å². The van der Waals surface area contributed by atoms with Crippen molar-refractivity contribution < 1.29 is 19.2 Å². The largest absolute Gasteiger partial charge is 0.465 e. The monoisotopic (exact) mass is 342 g/mol. The van der Waals surface area contributed by atoms with Crippen molar-refractivity contribution in [1.29, 1.82) is 0 Å². The zero-order chi connectivity index (χ0) is 18.4. The zero-order valence-corrected chi connectivity index (χ0v) is 13.9. The number of hydrogen-bond acceptors (Lipinski definition) is 5. The van der Waals surface area contributed by atoms with Crippen LogP contribution in [0.4, 0.5) is 11.4 Å². The molecule has 1 amide bonds. The van der Waals surface area contributed by atoms with Crippen LogP contribution in [0.5, 0.6) is 0 Å². The summed E-state index contributed by atoms with van der Waals surface area (Å²) >= 11 is 0. The van der Waals surface area contributed by atoms with Crippen LogP contribution in [-0.2, 0) is 22.4 Å². The van der Waals surface area contributed by atoms with Gasteiger partial charge in [0.05, 0.1) is 29.7 Å². The van der Waals surface area contributed by atoms with Gasteiger partial charge in [-0.25, -0.2) is 4.79 Å². The first-order valence-electron chi connectivity index (χ1n) is 7.70. The molecule has 0 fully saturated rings. The van der Waals surface area contributed by atoms with E-state index in [0.717, 1.165) is 5.56 Å². The number of aryl methyl sites for hydroxylation is 1. The van der Waals surface area contributed by atoms with Crippen molar-refractivity contribution in [3.8, 4) is 0 Å². The molecule has 0 saturated carbocycles. The Morgan fingerprint density at radius 3 is 2.44 bits per heavy atom. The number of nitro benzene ring substituents is 1. The van der Waals surface area contributed by atoms with Crippen molar-refractivity contribution >= 4 is 23.3 Å². The number of amides is 1. The first kappa shape index (κ1) is 18.1. The van der Waals surface area contributed by atoms with Crippen LogP contribution < -0.4 is 5.32 Å². The van der Waals surface area contributed by atoms with Gasteiger partial charge in [0.1, 0.15) is 0 Å². The molecule has 2 rings (SSSR count). The minimum atomic E-state index is -0.559. The highest BCUT2D eigenvalue weighted by Gasteiger charge is 2.19. The quantitative estimate of drug-likeness (QED) is 0.494. The van der Waals surface area contributed by atoms with E-state index in [9.17, 15) is 19.7 Å². The van der Waals surface area contributed by atoms with E-state index >= 15 is 0 Å². The van der Waals surface area contributed by atoms with E-state index in [1.165, 1.54) is 19.2 Å². The van der Waals surface area contributed by atoms with Crippen LogP contribution in [0.3, 0.4) is 0 Å². The standard InChI is InChI=1S/C18H18N2O5/c1-3-12-8-6-9-14(18(22)25-2)17(12)19-16(21)11-13-7-4-5-10-15(13)20(23)24/h4-10H,3,11H2,1-2H3,(H,19,21). The van der Waals surface area contributed by atoms with Crippen molar-refractivity contribution in [2.24, 2.45) is 0 Å². The number of para-hydroxylation sites is 2. The van der Waals surface area contributed by atoms with Gasteiger partial charge in [-0.3, -0.25) is 14.9 Å². The number of benzene rings is 2. The van der Waals surface area contributed by atoms with Crippen LogP contribution in [-0.4, -0.2) is 23.9 Å². The number of carbonyl (C=O) groups excluding carboxylic acids is 2. The molecule has 0 aliphatic heterocycles. The van der Waals surface area contributed by atoms with Gasteiger partial charge in [0.25, 0.3) is 5.69 Å². The smallest absolute Gasteiger partial charge is 0.339 e. The minimum Gasteiger partial charge on any atom is -0.465 e. The van der Waals surface area contributed by atoms with Crippen LogP contribution in [0.1, 0.15) is 28.4 Å². The zero-order valence-electron chi connectivity index (χ0n) is 13.9. The fourth-order valence-corrected chi connectivity index (χ4v) is 2.52. The number of nitrogens with one attached hydrogen (secondary N) is 1. The summed E-state index contributed by atoms with van der Waals surface area (Å²) in [6, 6.07) is 11.1. The Balaban J connectivity index is 2.30. The number of rotatable bonds is 6. The first-order chi connectivity index (χ1) is 12.0. The average molecular weight is 342 g/mol. The Kier molecular flexibility index (Phi) is 5.84. The molecule has 0 spiro atoms. The fourth-order valence-electron chi connectivity index (χ4n) is 2.52. The SMILES string of the molecule is CCc1cccc(C(=O)OC)c1NC(=O)Cc1ccccc1[N+](=O)[O-]. The average Bonchev–Trinajstić information content (AvgIpc) is 2.61. The first-order valence-corrected chi connectivity index (χ1v) is 7.70. The molecule has 7 heteroatoms. The third-order valence-corrected chi connectivity index (χ3v) is 3.74. The summed E-state index contributed by atoms with van der Waals surface area (Å²) in [5.74, 6) is -1.00.